The van der Waals surface area contributed by atoms with Crippen molar-refractivity contribution in [3.05, 3.63) is 59.2 Å². The van der Waals surface area contributed by atoms with E-state index in [4.69, 9.17) is 16.3 Å². The number of hydrogen-bond acceptors (Lipinski definition) is 5. The highest BCUT2D eigenvalue weighted by atomic mass is 35.5. The van der Waals surface area contributed by atoms with Gasteiger partial charge >= 0.3 is 0 Å². The van der Waals surface area contributed by atoms with Crippen molar-refractivity contribution in [1.29, 1.82) is 0 Å². The summed E-state index contributed by atoms with van der Waals surface area (Å²) in [5.74, 6) is 0.154. The van der Waals surface area contributed by atoms with Crippen LogP contribution in [0.2, 0.25) is 5.02 Å². The van der Waals surface area contributed by atoms with Gasteiger partial charge in [-0.1, -0.05) is 23.7 Å². The largest absolute Gasteiger partial charge is 0.497 e. The number of amides is 1. The van der Waals surface area contributed by atoms with E-state index < -0.39 is 15.7 Å². The third-order valence-electron chi connectivity index (χ3n) is 4.47. The molecule has 0 saturated heterocycles. The third-order valence-corrected chi connectivity index (χ3v) is 6.32. The number of nitrogens with zero attached hydrogens (tertiary/aromatic N) is 2. The Morgan fingerprint density at radius 2 is 1.82 bits per heavy atom. The number of methoxy groups -OCH3 is 1. The predicted octanol–water partition coefficient (Wildman–Crippen LogP) is 3.25. The highest BCUT2D eigenvalue weighted by Gasteiger charge is 2.35. The highest BCUT2D eigenvalue weighted by molar-refractivity contribution is 7.91. The van der Waals surface area contributed by atoms with Crippen LogP contribution in [0.15, 0.2) is 53.7 Å². The normalized spacial score (nSPS) is 14.5. The van der Waals surface area contributed by atoms with Crippen molar-refractivity contribution < 1.29 is 17.9 Å². The molecule has 0 bridgehead atoms. The summed E-state index contributed by atoms with van der Waals surface area (Å²) in [6, 6.07) is 13.6. The minimum Gasteiger partial charge on any atom is -0.497 e. The molecule has 0 radical (unpaired) electrons. The second-order valence-corrected chi connectivity index (χ2v) is 8.69. The van der Waals surface area contributed by atoms with E-state index in [0.29, 0.717) is 27.7 Å². The zero-order chi connectivity index (χ0) is 19.9. The molecule has 28 heavy (non-hydrogen) atoms. The molecule has 1 aliphatic rings. The number of halogens is 1. The number of carbonyl (C=O) groups excluding carboxylic acids is 1. The van der Waals surface area contributed by atoms with Crippen molar-refractivity contribution in [2.24, 2.45) is 0 Å². The summed E-state index contributed by atoms with van der Waals surface area (Å²) in [7, 11) is -1.95. The number of carbonyl (C=O) groups is 1. The minimum absolute atomic E-state index is 0.0704. The van der Waals surface area contributed by atoms with Gasteiger partial charge in [0.25, 0.3) is 5.91 Å². The van der Waals surface area contributed by atoms with Crippen molar-refractivity contribution in [2.45, 2.75) is 11.7 Å². The van der Waals surface area contributed by atoms with Gasteiger partial charge in [0.05, 0.1) is 12.9 Å². The fourth-order valence-electron chi connectivity index (χ4n) is 3.08. The number of aromatic nitrogens is 2. The Balaban J connectivity index is 1.78. The molecule has 0 fully saturated rings. The second kappa shape index (κ2) is 6.96. The van der Waals surface area contributed by atoms with Crippen LogP contribution in [0.4, 0.5) is 5.69 Å². The number of benzene rings is 2. The molecule has 144 valence electrons. The maximum absolute atomic E-state index is 13.0. The molecule has 4 rings (SSSR count). The van der Waals surface area contributed by atoms with Crippen LogP contribution in [0.25, 0.3) is 11.3 Å². The first-order chi connectivity index (χ1) is 13.4. The quantitative estimate of drug-likeness (QED) is 0.703. The predicted molar refractivity (Wildman–Crippen MR) is 106 cm³/mol. The van der Waals surface area contributed by atoms with E-state index in [0.717, 1.165) is 0 Å². The molecule has 1 aromatic heterocycles. The van der Waals surface area contributed by atoms with E-state index in [2.05, 4.69) is 10.3 Å². The number of ether oxygens (including phenoxy) is 1. The molecule has 0 unspecified atom stereocenters. The first-order valence-electron chi connectivity index (χ1n) is 8.44. The molecule has 1 N–H and O–H groups in total. The molecule has 2 aromatic carbocycles. The number of sulfone groups is 1. The highest BCUT2D eigenvalue weighted by Crippen LogP contribution is 2.31. The van der Waals surface area contributed by atoms with Crippen LogP contribution in [0.1, 0.15) is 10.5 Å². The van der Waals surface area contributed by atoms with Crippen molar-refractivity contribution >= 4 is 33.0 Å². The SMILES string of the molecule is COc1ccc(NC(=O)c2c(-c3ccc(Cl)cc3)nc3n2CCS3(=O)=O)cc1. The van der Waals surface area contributed by atoms with Gasteiger partial charge in [0.15, 0.2) is 0 Å². The van der Waals surface area contributed by atoms with Gasteiger partial charge in [-0.2, -0.15) is 0 Å². The zero-order valence-electron chi connectivity index (χ0n) is 14.8. The summed E-state index contributed by atoms with van der Waals surface area (Å²) in [5, 5.41) is 3.25. The zero-order valence-corrected chi connectivity index (χ0v) is 16.4. The lowest BCUT2D eigenvalue weighted by atomic mass is 10.1. The molecule has 0 atom stereocenters. The van der Waals surface area contributed by atoms with Gasteiger partial charge < -0.3 is 14.6 Å². The lowest BCUT2D eigenvalue weighted by Gasteiger charge is -2.09. The first-order valence-corrected chi connectivity index (χ1v) is 10.5. The molecule has 0 aliphatic carbocycles. The molecule has 1 aliphatic heterocycles. The average molecular weight is 418 g/mol. The van der Waals surface area contributed by atoms with Crippen LogP contribution in [0.3, 0.4) is 0 Å². The summed E-state index contributed by atoms with van der Waals surface area (Å²) in [6.45, 7) is 0.184. The van der Waals surface area contributed by atoms with Crippen LogP contribution < -0.4 is 10.1 Å². The summed E-state index contributed by atoms with van der Waals surface area (Å²) in [5.41, 5.74) is 1.68. The maximum atomic E-state index is 13.0. The average Bonchev–Trinajstić information content (AvgIpc) is 3.21. The van der Waals surface area contributed by atoms with E-state index in [1.54, 1.807) is 55.6 Å². The standard InChI is InChI=1S/C19H16ClN3O4S/c1-27-15-8-6-14(7-9-15)21-18(24)17-16(12-2-4-13(20)5-3-12)22-19-23(17)10-11-28(19,25)26/h2-9H,10-11H2,1H3,(H,21,24). The van der Waals surface area contributed by atoms with Crippen LogP contribution >= 0.6 is 11.6 Å². The Morgan fingerprint density at radius 1 is 1.14 bits per heavy atom. The lowest BCUT2D eigenvalue weighted by molar-refractivity contribution is 0.101. The number of nitrogens with one attached hydrogen (secondary N) is 1. The lowest BCUT2D eigenvalue weighted by Crippen LogP contribution is -2.17. The molecule has 0 saturated carbocycles. The number of fused-ring (bicyclic) bond motifs is 1. The Labute approximate surface area is 166 Å². The van der Waals surface area contributed by atoms with Crippen molar-refractivity contribution in [3.8, 4) is 17.0 Å². The molecule has 2 heterocycles. The Kier molecular flexibility index (Phi) is 4.60. The van der Waals surface area contributed by atoms with Crippen LogP contribution in [0.5, 0.6) is 5.75 Å². The summed E-state index contributed by atoms with van der Waals surface area (Å²) in [6.07, 6.45) is 0. The summed E-state index contributed by atoms with van der Waals surface area (Å²) >= 11 is 5.94. The molecular weight excluding hydrogens is 402 g/mol. The Hall–Kier alpha value is -2.84. The van der Waals surface area contributed by atoms with Gasteiger partial charge in [-0.15, -0.1) is 0 Å². The number of rotatable bonds is 4. The fourth-order valence-corrected chi connectivity index (χ4v) is 4.56. The van der Waals surface area contributed by atoms with Gasteiger partial charge in [0.2, 0.25) is 15.0 Å². The number of anilines is 1. The number of hydrogen-bond donors (Lipinski definition) is 1. The van der Waals surface area contributed by atoms with Crippen LogP contribution in [-0.2, 0) is 16.4 Å². The van der Waals surface area contributed by atoms with Crippen LogP contribution in [-0.4, -0.2) is 36.7 Å². The molecule has 9 heteroatoms. The molecule has 1 amide bonds. The molecule has 0 spiro atoms. The van der Waals surface area contributed by atoms with E-state index in [1.807, 2.05) is 0 Å². The van der Waals surface area contributed by atoms with Gasteiger partial charge in [-0.05, 0) is 36.4 Å². The van der Waals surface area contributed by atoms with Crippen LogP contribution in [0, 0.1) is 0 Å². The Morgan fingerprint density at radius 3 is 2.46 bits per heavy atom. The fraction of sp³-hybridized carbons (Fsp3) is 0.158. The Bertz CT molecular complexity index is 1150. The third kappa shape index (κ3) is 3.25. The monoisotopic (exact) mass is 417 g/mol. The first kappa shape index (κ1) is 18.5. The van der Waals surface area contributed by atoms with Crippen molar-refractivity contribution in [3.63, 3.8) is 0 Å². The molecule has 7 nitrogen and oxygen atoms in total. The van der Waals surface area contributed by atoms with Crippen molar-refractivity contribution in [1.82, 2.24) is 9.55 Å². The summed E-state index contributed by atoms with van der Waals surface area (Å²) in [4.78, 5) is 17.3. The number of imidazole rings is 1. The summed E-state index contributed by atoms with van der Waals surface area (Å²) < 4.78 is 31.2. The minimum atomic E-state index is -3.51. The molecular formula is C19H16ClN3O4S. The van der Waals surface area contributed by atoms with Gasteiger partial charge in [0.1, 0.15) is 17.1 Å². The van der Waals surface area contributed by atoms with Gasteiger partial charge in [-0.3, -0.25) is 4.79 Å². The molecule has 3 aromatic rings. The van der Waals surface area contributed by atoms with E-state index in [9.17, 15) is 13.2 Å². The van der Waals surface area contributed by atoms with E-state index >= 15 is 0 Å². The van der Waals surface area contributed by atoms with Crippen molar-refractivity contribution in [2.75, 3.05) is 18.2 Å². The van der Waals surface area contributed by atoms with Gasteiger partial charge in [0, 0.05) is 22.8 Å². The van der Waals surface area contributed by atoms with E-state index in [-0.39, 0.29) is 23.1 Å². The second-order valence-electron chi connectivity index (χ2n) is 6.25. The van der Waals surface area contributed by atoms with Gasteiger partial charge in [-0.25, -0.2) is 13.4 Å². The van der Waals surface area contributed by atoms with E-state index in [1.165, 1.54) is 4.57 Å². The topological polar surface area (TPSA) is 90.3 Å². The smallest absolute Gasteiger partial charge is 0.274 e. The maximum Gasteiger partial charge on any atom is 0.274 e.